The van der Waals surface area contributed by atoms with Gasteiger partial charge in [0.15, 0.2) is 0 Å². The fourth-order valence-corrected chi connectivity index (χ4v) is 2.32. The van der Waals surface area contributed by atoms with Crippen LogP contribution in [0.15, 0.2) is 10.9 Å². The smallest absolute Gasteiger partial charge is 0.261 e. The summed E-state index contributed by atoms with van der Waals surface area (Å²) in [5.74, 6) is -0.266. The lowest BCUT2D eigenvalue weighted by molar-refractivity contribution is 0.0933. The number of aromatic amines is 1. The number of aryl methyl sites for hydroxylation is 2. The van der Waals surface area contributed by atoms with E-state index < -0.39 is 0 Å². The monoisotopic (exact) mass is 278 g/mol. The average Bonchev–Trinajstić information content (AvgIpc) is 2.45. The summed E-state index contributed by atoms with van der Waals surface area (Å²) in [7, 11) is 0. The van der Waals surface area contributed by atoms with E-state index in [4.69, 9.17) is 0 Å². The van der Waals surface area contributed by atoms with Gasteiger partial charge in [-0.15, -0.1) is 0 Å². The maximum atomic E-state index is 12.2. The summed E-state index contributed by atoms with van der Waals surface area (Å²) in [6, 6.07) is 1.88. The van der Waals surface area contributed by atoms with Crippen LogP contribution in [-0.4, -0.2) is 16.9 Å². The lowest BCUT2D eigenvalue weighted by atomic mass is 10.0. The molecule has 0 fully saturated rings. The predicted molar refractivity (Wildman–Crippen MR) is 82.3 cm³/mol. The maximum Gasteiger partial charge on any atom is 0.261 e. The Balaban J connectivity index is 3.06. The van der Waals surface area contributed by atoms with E-state index in [1.165, 1.54) is 0 Å². The normalized spacial score (nSPS) is 10.8. The molecule has 0 radical (unpaired) electrons. The van der Waals surface area contributed by atoms with Gasteiger partial charge >= 0.3 is 0 Å². The van der Waals surface area contributed by atoms with Crippen molar-refractivity contribution < 1.29 is 4.79 Å². The molecule has 1 aromatic heterocycles. The fourth-order valence-electron chi connectivity index (χ4n) is 2.32. The lowest BCUT2D eigenvalue weighted by Crippen LogP contribution is -2.37. The third-order valence-electron chi connectivity index (χ3n) is 3.66. The van der Waals surface area contributed by atoms with Crippen LogP contribution in [0.2, 0.25) is 0 Å². The zero-order valence-electron chi connectivity index (χ0n) is 13.0. The highest BCUT2D eigenvalue weighted by Crippen LogP contribution is 2.10. The molecule has 0 atom stereocenters. The zero-order valence-corrected chi connectivity index (χ0v) is 13.0. The lowest BCUT2D eigenvalue weighted by Gasteiger charge is -2.15. The number of amides is 1. The van der Waals surface area contributed by atoms with Gasteiger partial charge in [-0.05, 0) is 37.3 Å². The van der Waals surface area contributed by atoms with Crippen LogP contribution in [-0.2, 0) is 12.8 Å². The van der Waals surface area contributed by atoms with E-state index in [1.54, 1.807) is 6.07 Å². The second-order valence-electron chi connectivity index (χ2n) is 5.11. The number of H-pyrrole nitrogens is 1. The first-order valence-electron chi connectivity index (χ1n) is 7.63. The Labute approximate surface area is 121 Å². The van der Waals surface area contributed by atoms with Gasteiger partial charge < -0.3 is 10.3 Å². The van der Waals surface area contributed by atoms with Crippen LogP contribution in [0.3, 0.4) is 0 Å². The van der Waals surface area contributed by atoms with E-state index in [2.05, 4.69) is 17.2 Å². The zero-order chi connectivity index (χ0) is 15.1. The molecule has 20 heavy (non-hydrogen) atoms. The summed E-state index contributed by atoms with van der Waals surface area (Å²) in [5, 5.41) is 2.92. The summed E-state index contributed by atoms with van der Waals surface area (Å²) in [4.78, 5) is 27.1. The molecule has 0 aliphatic carbocycles. The van der Waals surface area contributed by atoms with Crippen molar-refractivity contribution in [1.29, 1.82) is 0 Å². The largest absolute Gasteiger partial charge is 0.349 e. The highest BCUT2D eigenvalue weighted by atomic mass is 16.2. The Bertz CT molecular complexity index is 502. The molecule has 1 aromatic rings. The Hall–Kier alpha value is -1.58. The van der Waals surface area contributed by atoms with Gasteiger partial charge in [0.05, 0.1) is 0 Å². The molecule has 0 saturated carbocycles. The van der Waals surface area contributed by atoms with Gasteiger partial charge in [-0.25, -0.2) is 0 Å². The van der Waals surface area contributed by atoms with Crippen LogP contribution in [0.5, 0.6) is 0 Å². The number of carbonyl (C=O) groups excluding carboxylic acids is 1. The van der Waals surface area contributed by atoms with E-state index in [9.17, 15) is 9.59 Å². The third-order valence-corrected chi connectivity index (χ3v) is 3.66. The first-order valence-corrected chi connectivity index (χ1v) is 7.63. The number of hydrogen-bond acceptors (Lipinski definition) is 2. The van der Waals surface area contributed by atoms with Crippen molar-refractivity contribution in [2.24, 2.45) is 0 Å². The van der Waals surface area contributed by atoms with Crippen LogP contribution in [0.25, 0.3) is 0 Å². The van der Waals surface area contributed by atoms with Crippen LogP contribution in [0, 0.1) is 0 Å². The van der Waals surface area contributed by atoms with Gasteiger partial charge in [0, 0.05) is 11.7 Å². The van der Waals surface area contributed by atoms with E-state index in [0.717, 1.165) is 43.4 Å². The molecule has 0 aliphatic rings. The van der Waals surface area contributed by atoms with Crippen molar-refractivity contribution >= 4 is 5.91 Å². The quantitative estimate of drug-likeness (QED) is 0.805. The molecule has 0 saturated heterocycles. The van der Waals surface area contributed by atoms with Crippen molar-refractivity contribution in [2.45, 2.75) is 65.8 Å². The van der Waals surface area contributed by atoms with Crippen LogP contribution in [0.1, 0.15) is 68.6 Å². The maximum absolute atomic E-state index is 12.2. The first-order chi connectivity index (χ1) is 9.57. The van der Waals surface area contributed by atoms with Crippen LogP contribution >= 0.6 is 0 Å². The Kier molecular flexibility index (Phi) is 6.49. The van der Waals surface area contributed by atoms with Crippen molar-refractivity contribution in [1.82, 2.24) is 10.3 Å². The minimum atomic E-state index is -0.283. The van der Waals surface area contributed by atoms with Gasteiger partial charge in [0.25, 0.3) is 11.5 Å². The number of carbonyl (C=O) groups is 1. The topological polar surface area (TPSA) is 62.0 Å². The molecule has 112 valence electrons. The van der Waals surface area contributed by atoms with Gasteiger partial charge in [0.2, 0.25) is 0 Å². The highest BCUT2D eigenvalue weighted by molar-refractivity contribution is 5.94. The molecule has 1 amide bonds. The number of pyridine rings is 1. The Morgan fingerprint density at radius 1 is 1.25 bits per heavy atom. The van der Waals surface area contributed by atoms with Crippen molar-refractivity contribution in [3.8, 4) is 0 Å². The Morgan fingerprint density at radius 2 is 1.90 bits per heavy atom. The Morgan fingerprint density at radius 3 is 2.40 bits per heavy atom. The molecular weight excluding hydrogens is 252 g/mol. The van der Waals surface area contributed by atoms with Crippen molar-refractivity contribution in [2.75, 3.05) is 0 Å². The second kappa shape index (κ2) is 7.88. The molecule has 2 N–H and O–H groups in total. The summed E-state index contributed by atoms with van der Waals surface area (Å²) < 4.78 is 0. The standard InChI is InChI=1S/C16H26N2O2/c1-5-9-14-11(6-2)10-13(16(20)18-14)15(19)17-12(7-3)8-4/h10,12H,5-9H2,1-4H3,(H,17,19)(H,18,20). The molecule has 0 aromatic carbocycles. The average molecular weight is 278 g/mol. The van der Waals surface area contributed by atoms with Crippen LogP contribution in [0.4, 0.5) is 0 Å². The third kappa shape index (κ3) is 3.95. The van der Waals surface area contributed by atoms with Crippen molar-refractivity contribution in [3.05, 3.63) is 33.2 Å². The van der Waals surface area contributed by atoms with Crippen LogP contribution < -0.4 is 10.9 Å². The molecule has 1 heterocycles. The SMILES string of the molecule is CCCc1[nH]c(=O)c(C(=O)NC(CC)CC)cc1CC. The van der Waals surface area contributed by atoms with Gasteiger partial charge in [-0.2, -0.15) is 0 Å². The molecule has 1 rings (SSSR count). The van der Waals surface area contributed by atoms with E-state index in [1.807, 2.05) is 20.8 Å². The van der Waals surface area contributed by atoms with Crippen molar-refractivity contribution in [3.63, 3.8) is 0 Å². The molecule has 0 spiro atoms. The molecule has 4 nitrogen and oxygen atoms in total. The summed E-state index contributed by atoms with van der Waals surface area (Å²) in [6.45, 7) is 8.17. The molecule has 0 bridgehead atoms. The minimum Gasteiger partial charge on any atom is -0.349 e. The molecule has 4 heteroatoms. The number of aromatic nitrogens is 1. The number of rotatable bonds is 7. The van der Waals surface area contributed by atoms with Gasteiger partial charge in [0.1, 0.15) is 5.56 Å². The summed E-state index contributed by atoms with van der Waals surface area (Å²) >= 11 is 0. The fraction of sp³-hybridized carbons (Fsp3) is 0.625. The number of hydrogen-bond donors (Lipinski definition) is 2. The molecule has 0 unspecified atom stereocenters. The van der Waals surface area contributed by atoms with Gasteiger partial charge in [-0.3, -0.25) is 9.59 Å². The molecular formula is C16H26N2O2. The number of nitrogens with one attached hydrogen (secondary N) is 2. The van der Waals surface area contributed by atoms with E-state index >= 15 is 0 Å². The highest BCUT2D eigenvalue weighted by Gasteiger charge is 2.16. The predicted octanol–water partition coefficient (Wildman–Crippen LogP) is 2.81. The first kappa shape index (κ1) is 16.5. The minimum absolute atomic E-state index is 0.127. The van der Waals surface area contributed by atoms with E-state index in [-0.39, 0.29) is 23.1 Å². The van der Waals surface area contributed by atoms with E-state index in [0.29, 0.717) is 0 Å². The second-order valence-corrected chi connectivity index (χ2v) is 5.11. The molecule has 0 aliphatic heterocycles. The summed E-state index contributed by atoms with van der Waals surface area (Å²) in [5.41, 5.74) is 1.96. The van der Waals surface area contributed by atoms with Gasteiger partial charge in [-0.1, -0.05) is 34.1 Å². The summed E-state index contributed by atoms with van der Waals surface area (Å²) in [6.07, 6.45) is 4.37.